The molecule has 1 heterocycles. The predicted octanol–water partition coefficient (Wildman–Crippen LogP) is 2.17. The maximum absolute atomic E-state index is 12.3. The molecule has 30 heavy (non-hydrogen) atoms. The Bertz CT molecular complexity index is 947. The van der Waals surface area contributed by atoms with Crippen molar-refractivity contribution < 1.29 is 24.0 Å². The van der Waals surface area contributed by atoms with E-state index in [1.165, 1.54) is 18.2 Å². The van der Waals surface area contributed by atoms with Crippen LogP contribution in [0.15, 0.2) is 54.6 Å². The lowest BCUT2D eigenvalue weighted by Crippen LogP contribution is -2.29. The highest BCUT2D eigenvalue weighted by Gasteiger charge is 2.35. The first-order valence-electron chi connectivity index (χ1n) is 9.45. The molecule has 0 spiro atoms. The fourth-order valence-corrected chi connectivity index (χ4v) is 3.23. The summed E-state index contributed by atoms with van der Waals surface area (Å²) in [6, 6.07) is 15.4. The van der Waals surface area contributed by atoms with Gasteiger partial charge in [-0.15, -0.1) is 0 Å². The van der Waals surface area contributed by atoms with Gasteiger partial charge in [-0.3, -0.25) is 24.5 Å². The number of esters is 1. The minimum absolute atomic E-state index is 0.0201. The topological polar surface area (TPSA) is 119 Å². The highest BCUT2D eigenvalue weighted by Crippen LogP contribution is 2.23. The van der Waals surface area contributed by atoms with E-state index in [0.717, 1.165) is 5.56 Å². The van der Waals surface area contributed by atoms with Crippen LogP contribution in [-0.2, 0) is 25.5 Å². The molecule has 1 aliphatic rings. The zero-order valence-electron chi connectivity index (χ0n) is 16.2. The van der Waals surface area contributed by atoms with Crippen molar-refractivity contribution in [1.29, 1.82) is 0 Å². The third-order valence-corrected chi connectivity index (χ3v) is 4.78. The van der Waals surface area contributed by atoms with Crippen LogP contribution in [0.3, 0.4) is 0 Å². The third-order valence-electron chi connectivity index (χ3n) is 4.78. The van der Waals surface area contributed by atoms with Gasteiger partial charge in [0.05, 0.1) is 10.8 Å². The smallest absolute Gasteiger partial charge is 0.311 e. The molecule has 3 rings (SSSR count). The molecule has 2 aromatic carbocycles. The van der Waals surface area contributed by atoms with Gasteiger partial charge in [0.25, 0.3) is 11.6 Å². The minimum atomic E-state index is -0.692. The van der Waals surface area contributed by atoms with Crippen molar-refractivity contribution in [2.24, 2.45) is 5.92 Å². The Labute approximate surface area is 172 Å². The second kappa shape index (κ2) is 9.64. The van der Waals surface area contributed by atoms with Gasteiger partial charge >= 0.3 is 5.97 Å². The summed E-state index contributed by atoms with van der Waals surface area (Å²) in [6.07, 6.45) is 0.728. The van der Waals surface area contributed by atoms with E-state index >= 15 is 0 Å². The second-order valence-electron chi connectivity index (χ2n) is 6.91. The summed E-state index contributed by atoms with van der Waals surface area (Å²) in [6.45, 7) is 0.167. The molecule has 1 aliphatic heterocycles. The maximum Gasteiger partial charge on any atom is 0.311 e. The summed E-state index contributed by atoms with van der Waals surface area (Å²) >= 11 is 0. The summed E-state index contributed by atoms with van der Waals surface area (Å²) in [4.78, 5) is 48.4. The van der Waals surface area contributed by atoms with Gasteiger partial charge in [-0.1, -0.05) is 42.5 Å². The number of hydrogen-bond acceptors (Lipinski definition) is 6. The van der Waals surface area contributed by atoms with Crippen LogP contribution in [0.2, 0.25) is 0 Å². The van der Waals surface area contributed by atoms with Crippen molar-refractivity contribution in [3.8, 4) is 0 Å². The number of nitro groups is 1. The number of rotatable bonds is 8. The van der Waals surface area contributed by atoms with Gasteiger partial charge in [-0.25, -0.2) is 0 Å². The van der Waals surface area contributed by atoms with Crippen molar-refractivity contribution in [1.82, 2.24) is 4.90 Å². The molecule has 0 radical (unpaired) electrons. The summed E-state index contributed by atoms with van der Waals surface area (Å²) < 4.78 is 5.02. The lowest BCUT2D eigenvalue weighted by atomic mass is 10.1. The number of amides is 2. The lowest BCUT2D eigenvalue weighted by Gasteiger charge is -2.16. The van der Waals surface area contributed by atoms with E-state index in [9.17, 15) is 24.5 Å². The maximum atomic E-state index is 12.3. The molecule has 9 heteroatoms. The number of nitro benzene ring substituents is 1. The Hall–Kier alpha value is -3.75. The van der Waals surface area contributed by atoms with Crippen LogP contribution >= 0.6 is 0 Å². The number of para-hydroxylation sites is 2. The molecule has 156 valence electrons. The number of anilines is 1. The number of carbonyl (C=O) groups is 3. The quantitative estimate of drug-likeness (QED) is 0.404. The normalized spacial score (nSPS) is 15.7. The molecular formula is C21H21N3O6. The standard InChI is InChI=1S/C21H21N3O6/c25-19(22-17-8-4-5-9-18(17)24(28)29)14-30-21(27)16-12-20(26)23(13-16)11-10-15-6-2-1-3-7-15/h1-9,16H,10-14H2,(H,22,25)/t16-/m0/s1. The molecule has 1 saturated heterocycles. The third kappa shape index (κ3) is 5.40. The molecule has 1 N–H and O–H groups in total. The van der Waals surface area contributed by atoms with Gasteiger partial charge in [0, 0.05) is 25.6 Å². The molecule has 1 atom stereocenters. The summed E-state index contributed by atoms with van der Waals surface area (Å²) in [5.41, 5.74) is 0.863. The van der Waals surface area contributed by atoms with Gasteiger partial charge in [0.1, 0.15) is 5.69 Å². The molecule has 9 nitrogen and oxygen atoms in total. The Balaban J connectivity index is 1.46. The number of hydrogen-bond donors (Lipinski definition) is 1. The fourth-order valence-electron chi connectivity index (χ4n) is 3.23. The van der Waals surface area contributed by atoms with Crippen LogP contribution in [0.4, 0.5) is 11.4 Å². The van der Waals surface area contributed by atoms with E-state index in [0.29, 0.717) is 13.0 Å². The van der Waals surface area contributed by atoms with Crippen LogP contribution in [0, 0.1) is 16.0 Å². The first-order chi connectivity index (χ1) is 14.4. The Kier molecular flexibility index (Phi) is 6.74. The Morgan fingerprint density at radius 2 is 1.83 bits per heavy atom. The van der Waals surface area contributed by atoms with Gasteiger partial charge in [0.2, 0.25) is 5.91 Å². The number of carbonyl (C=O) groups excluding carboxylic acids is 3. The van der Waals surface area contributed by atoms with Crippen LogP contribution in [0.1, 0.15) is 12.0 Å². The summed E-state index contributed by atoms with van der Waals surface area (Å²) in [5.74, 6) is -2.09. The van der Waals surface area contributed by atoms with E-state index in [4.69, 9.17) is 4.74 Å². The number of ether oxygens (including phenoxy) is 1. The van der Waals surface area contributed by atoms with Crippen LogP contribution in [-0.4, -0.2) is 47.3 Å². The number of likely N-dealkylation sites (tertiary alicyclic amines) is 1. The van der Waals surface area contributed by atoms with E-state index in [2.05, 4.69) is 5.32 Å². The Morgan fingerprint density at radius 1 is 1.13 bits per heavy atom. The van der Waals surface area contributed by atoms with Crippen molar-refractivity contribution in [3.63, 3.8) is 0 Å². The average Bonchev–Trinajstić information content (AvgIpc) is 3.12. The average molecular weight is 411 g/mol. The zero-order chi connectivity index (χ0) is 21.5. The summed E-state index contributed by atoms with van der Waals surface area (Å²) in [7, 11) is 0. The molecule has 0 bridgehead atoms. The number of benzene rings is 2. The first-order valence-corrected chi connectivity index (χ1v) is 9.45. The molecule has 0 aliphatic carbocycles. The van der Waals surface area contributed by atoms with E-state index in [-0.39, 0.29) is 30.2 Å². The van der Waals surface area contributed by atoms with E-state index in [1.54, 1.807) is 11.0 Å². The molecule has 0 unspecified atom stereocenters. The molecule has 2 amide bonds. The second-order valence-corrected chi connectivity index (χ2v) is 6.91. The molecule has 0 saturated carbocycles. The van der Waals surface area contributed by atoms with Crippen molar-refractivity contribution in [2.45, 2.75) is 12.8 Å². The van der Waals surface area contributed by atoms with Gasteiger partial charge in [0.15, 0.2) is 6.61 Å². The molecule has 0 aromatic heterocycles. The SMILES string of the molecule is O=C(COC(=O)[C@H]1CC(=O)N(CCc2ccccc2)C1)Nc1ccccc1[N+](=O)[O-]. The van der Waals surface area contributed by atoms with Crippen LogP contribution in [0.5, 0.6) is 0 Å². The van der Waals surface area contributed by atoms with Crippen LogP contribution < -0.4 is 5.32 Å². The van der Waals surface area contributed by atoms with E-state index in [1.807, 2.05) is 30.3 Å². The fraction of sp³-hybridized carbons (Fsp3) is 0.286. The monoisotopic (exact) mass is 411 g/mol. The van der Waals surface area contributed by atoms with E-state index < -0.39 is 29.3 Å². The highest BCUT2D eigenvalue weighted by atomic mass is 16.6. The van der Waals surface area contributed by atoms with Gasteiger partial charge in [-0.2, -0.15) is 0 Å². The van der Waals surface area contributed by atoms with Crippen molar-refractivity contribution >= 4 is 29.2 Å². The lowest BCUT2D eigenvalue weighted by molar-refractivity contribution is -0.383. The van der Waals surface area contributed by atoms with Gasteiger partial charge < -0.3 is 15.0 Å². The zero-order valence-corrected chi connectivity index (χ0v) is 16.2. The Morgan fingerprint density at radius 3 is 2.57 bits per heavy atom. The predicted molar refractivity (Wildman–Crippen MR) is 108 cm³/mol. The first kappa shape index (κ1) is 21.0. The molecule has 2 aromatic rings. The number of nitrogens with one attached hydrogen (secondary N) is 1. The van der Waals surface area contributed by atoms with Crippen molar-refractivity contribution in [3.05, 3.63) is 70.3 Å². The number of nitrogens with zero attached hydrogens (tertiary/aromatic N) is 2. The molecule has 1 fully saturated rings. The highest BCUT2D eigenvalue weighted by molar-refractivity contribution is 5.95. The molecular weight excluding hydrogens is 390 g/mol. The van der Waals surface area contributed by atoms with Crippen molar-refractivity contribution in [2.75, 3.05) is 25.0 Å². The van der Waals surface area contributed by atoms with Gasteiger partial charge in [-0.05, 0) is 18.1 Å². The van der Waals surface area contributed by atoms with Crippen LogP contribution in [0.25, 0.3) is 0 Å². The minimum Gasteiger partial charge on any atom is -0.455 e. The summed E-state index contributed by atoms with van der Waals surface area (Å²) in [5, 5.41) is 13.3. The largest absolute Gasteiger partial charge is 0.455 e.